The molecule has 2 aromatic heterocycles. The summed E-state index contributed by atoms with van der Waals surface area (Å²) in [4.78, 5) is 11.7. The zero-order valence-electron chi connectivity index (χ0n) is 16.8. The van der Waals surface area contributed by atoms with Crippen LogP contribution in [0.15, 0.2) is 0 Å². The molecule has 0 fully saturated rings. The van der Waals surface area contributed by atoms with Gasteiger partial charge in [-0.25, -0.2) is 18.4 Å². The van der Waals surface area contributed by atoms with Gasteiger partial charge in [0.2, 0.25) is 0 Å². The second-order valence-corrected chi connectivity index (χ2v) is 10.3. The van der Waals surface area contributed by atoms with E-state index in [-0.39, 0.29) is 5.75 Å². The molecule has 0 atom stereocenters. The number of rotatable bonds is 7. The lowest BCUT2D eigenvalue weighted by Crippen LogP contribution is -2.35. The topological polar surface area (TPSA) is 94.1 Å². The first-order valence-corrected chi connectivity index (χ1v) is 11.8. The largest absolute Gasteiger partial charge is 0.382 e. The quantitative estimate of drug-likeness (QED) is 0.773. The summed E-state index contributed by atoms with van der Waals surface area (Å²) < 4.78 is 25.4. The summed E-state index contributed by atoms with van der Waals surface area (Å²) in [7, 11) is -2.97. The van der Waals surface area contributed by atoms with Gasteiger partial charge in [0.05, 0.1) is 17.0 Å². The summed E-state index contributed by atoms with van der Waals surface area (Å²) in [5, 5.41) is 0. The Hall–Kier alpha value is -1.67. The Morgan fingerprint density at radius 3 is 2.63 bits per heavy atom. The van der Waals surface area contributed by atoms with E-state index in [2.05, 4.69) is 35.2 Å². The summed E-state index contributed by atoms with van der Waals surface area (Å²) in [5.74, 6) is 2.25. The first kappa shape index (κ1) is 20.1. The Labute approximate surface area is 161 Å². The number of anilines is 1. The van der Waals surface area contributed by atoms with Crippen LogP contribution in [0.3, 0.4) is 0 Å². The van der Waals surface area contributed by atoms with E-state index < -0.39 is 9.84 Å². The zero-order chi connectivity index (χ0) is 19.8. The van der Waals surface area contributed by atoms with E-state index in [1.807, 2.05) is 0 Å². The molecule has 0 bridgehead atoms. The average molecular weight is 394 g/mol. The number of fused-ring (bicyclic) bond motifs is 3. The molecule has 3 rings (SSSR count). The fourth-order valence-electron chi connectivity index (χ4n) is 3.79. The molecule has 27 heavy (non-hydrogen) atoms. The van der Waals surface area contributed by atoms with Crippen LogP contribution in [0.1, 0.15) is 44.3 Å². The van der Waals surface area contributed by atoms with Gasteiger partial charge in [0, 0.05) is 50.8 Å². The van der Waals surface area contributed by atoms with E-state index in [9.17, 15) is 8.42 Å². The lowest BCUT2D eigenvalue weighted by molar-refractivity contribution is 0.267. The number of hydrogen-bond donors (Lipinski definition) is 1. The van der Waals surface area contributed by atoms with Gasteiger partial charge in [-0.3, -0.25) is 4.90 Å². The van der Waals surface area contributed by atoms with E-state index >= 15 is 0 Å². The summed E-state index contributed by atoms with van der Waals surface area (Å²) in [6.45, 7) is 9.51. The molecule has 0 radical (unpaired) electrons. The Morgan fingerprint density at radius 2 is 2.00 bits per heavy atom. The molecule has 0 saturated carbocycles. The molecule has 3 heterocycles. The number of nitrogens with two attached hydrogens (primary N) is 1. The van der Waals surface area contributed by atoms with Gasteiger partial charge in [-0.2, -0.15) is 0 Å². The summed E-state index contributed by atoms with van der Waals surface area (Å²) in [6, 6.07) is 0. The zero-order valence-corrected chi connectivity index (χ0v) is 17.6. The average Bonchev–Trinajstić information content (AvgIpc) is 2.92. The number of nitrogen functional groups attached to an aromatic ring is 1. The van der Waals surface area contributed by atoms with Crippen LogP contribution in [0, 0.1) is 5.92 Å². The van der Waals surface area contributed by atoms with Crippen LogP contribution in [-0.4, -0.2) is 53.0 Å². The minimum Gasteiger partial charge on any atom is -0.382 e. The molecule has 1 aliphatic heterocycles. The fraction of sp³-hybridized carbons (Fsp3) is 0.684. The fourth-order valence-corrected chi connectivity index (χ4v) is 4.38. The standard InChI is InChI=1S/C19H31N5O2S/c1-5-6-16-22-17-18(24(16)11-13(2)3)14-12-23(9-10-27(4,25)26)8-7-15(14)21-19(17)20/h13H,5-12H2,1-4H3,(H2,20,21). The van der Waals surface area contributed by atoms with Crippen LogP contribution in [0.4, 0.5) is 5.82 Å². The number of nitrogens with zero attached hydrogens (tertiary/aromatic N) is 4. The van der Waals surface area contributed by atoms with Crippen LogP contribution in [0.5, 0.6) is 0 Å². The Bertz CT molecular complexity index is 933. The van der Waals surface area contributed by atoms with Crippen molar-refractivity contribution in [2.75, 3.05) is 30.8 Å². The van der Waals surface area contributed by atoms with Gasteiger partial charge in [-0.05, 0) is 12.3 Å². The molecule has 2 aromatic rings. The SMILES string of the molecule is CCCc1nc2c(N)nc3c(c2n1CC(C)C)CN(CCS(C)(=O)=O)CC3. The van der Waals surface area contributed by atoms with Gasteiger partial charge >= 0.3 is 0 Å². The third-order valence-corrected chi connectivity index (χ3v) is 5.95. The van der Waals surface area contributed by atoms with E-state index in [4.69, 9.17) is 10.7 Å². The summed E-state index contributed by atoms with van der Waals surface area (Å²) in [6.07, 6.45) is 4.01. The first-order chi connectivity index (χ1) is 12.7. The van der Waals surface area contributed by atoms with Crippen molar-refractivity contribution in [3.8, 4) is 0 Å². The van der Waals surface area contributed by atoms with Gasteiger partial charge < -0.3 is 10.3 Å². The second-order valence-electron chi connectivity index (χ2n) is 8.06. The molecule has 0 aliphatic carbocycles. The number of aromatic nitrogens is 3. The van der Waals surface area contributed by atoms with Crippen molar-refractivity contribution in [1.82, 2.24) is 19.4 Å². The Morgan fingerprint density at radius 1 is 1.26 bits per heavy atom. The van der Waals surface area contributed by atoms with Gasteiger partial charge in [-0.1, -0.05) is 20.8 Å². The van der Waals surface area contributed by atoms with Crippen LogP contribution in [0.25, 0.3) is 11.0 Å². The van der Waals surface area contributed by atoms with Gasteiger partial charge in [0.15, 0.2) is 5.82 Å². The molecule has 0 saturated heterocycles. The highest BCUT2D eigenvalue weighted by atomic mass is 32.2. The maximum Gasteiger partial charge on any atom is 0.151 e. The van der Waals surface area contributed by atoms with Crippen molar-refractivity contribution >= 4 is 26.7 Å². The molecule has 0 spiro atoms. The van der Waals surface area contributed by atoms with Gasteiger partial charge in [0.1, 0.15) is 21.2 Å². The number of pyridine rings is 1. The number of hydrogen-bond acceptors (Lipinski definition) is 6. The van der Waals surface area contributed by atoms with Crippen LogP contribution in [-0.2, 0) is 35.8 Å². The van der Waals surface area contributed by atoms with Crippen LogP contribution >= 0.6 is 0 Å². The van der Waals surface area contributed by atoms with Gasteiger partial charge in [-0.15, -0.1) is 0 Å². The molecule has 150 valence electrons. The highest BCUT2D eigenvalue weighted by Gasteiger charge is 2.26. The maximum atomic E-state index is 11.6. The molecule has 0 aromatic carbocycles. The summed E-state index contributed by atoms with van der Waals surface area (Å²) in [5.41, 5.74) is 10.3. The molecule has 0 amide bonds. The van der Waals surface area contributed by atoms with Crippen molar-refractivity contribution in [3.63, 3.8) is 0 Å². The van der Waals surface area contributed by atoms with Crippen molar-refractivity contribution in [2.45, 2.75) is 53.1 Å². The minimum absolute atomic E-state index is 0.181. The summed E-state index contributed by atoms with van der Waals surface area (Å²) >= 11 is 0. The first-order valence-electron chi connectivity index (χ1n) is 9.76. The van der Waals surface area contributed by atoms with E-state index in [0.29, 0.717) is 24.8 Å². The smallest absolute Gasteiger partial charge is 0.151 e. The maximum absolute atomic E-state index is 11.6. The Kier molecular flexibility index (Phi) is 5.76. The van der Waals surface area contributed by atoms with E-state index in [0.717, 1.165) is 60.5 Å². The highest BCUT2D eigenvalue weighted by molar-refractivity contribution is 7.90. The Balaban J connectivity index is 2.06. The second kappa shape index (κ2) is 7.75. The number of sulfone groups is 1. The lowest BCUT2D eigenvalue weighted by Gasteiger charge is -2.29. The molecule has 1 aliphatic rings. The third-order valence-electron chi connectivity index (χ3n) is 5.03. The number of aryl methyl sites for hydroxylation is 1. The predicted octanol–water partition coefficient (Wildman–Crippen LogP) is 2.02. The van der Waals surface area contributed by atoms with Crippen molar-refractivity contribution in [3.05, 3.63) is 17.1 Å². The number of imidazole rings is 1. The van der Waals surface area contributed by atoms with Gasteiger partial charge in [0.25, 0.3) is 0 Å². The highest BCUT2D eigenvalue weighted by Crippen LogP contribution is 2.31. The monoisotopic (exact) mass is 393 g/mol. The minimum atomic E-state index is -2.97. The van der Waals surface area contributed by atoms with E-state index in [1.165, 1.54) is 6.26 Å². The third kappa shape index (κ3) is 4.43. The van der Waals surface area contributed by atoms with E-state index in [1.54, 1.807) is 0 Å². The molecule has 7 nitrogen and oxygen atoms in total. The molecular formula is C19H31N5O2S. The van der Waals surface area contributed by atoms with Crippen LogP contribution in [0.2, 0.25) is 0 Å². The van der Waals surface area contributed by atoms with Crippen molar-refractivity contribution in [2.24, 2.45) is 5.92 Å². The van der Waals surface area contributed by atoms with Crippen LogP contribution < -0.4 is 5.73 Å². The lowest BCUT2D eigenvalue weighted by atomic mass is 10.0. The molecule has 2 N–H and O–H groups in total. The van der Waals surface area contributed by atoms with Crippen molar-refractivity contribution < 1.29 is 8.42 Å². The molecular weight excluding hydrogens is 362 g/mol. The predicted molar refractivity (Wildman–Crippen MR) is 109 cm³/mol. The molecule has 8 heteroatoms. The van der Waals surface area contributed by atoms with Crippen molar-refractivity contribution in [1.29, 1.82) is 0 Å². The normalized spacial score (nSPS) is 15.6. The molecule has 0 unspecified atom stereocenters.